The molecule has 1 atom stereocenters. The fourth-order valence-corrected chi connectivity index (χ4v) is 3.02. The van der Waals surface area contributed by atoms with Crippen LogP contribution in [0.2, 0.25) is 0 Å². The molecule has 2 aromatic carbocycles. The van der Waals surface area contributed by atoms with Crippen LogP contribution in [0.15, 0.2) is 48.5 Å². The van der Waals surface area contributed by atoms with Crippen molar-refractivity contribution in [2.45, 2.75) is 40.2 Å². The molecule has 2 amide bonds. The number of hydrogen-bond donors (Lipinski definition) is 2. The van der Waals surface area contributed by atoms with E-state index in [0.717, 1.165) is 17.5 Å². The first kappa shape index (κ1) is 23.1. The summed E-state index contributed by atoms with van der Waals surface area (Å²) in [6, 6.07) is 15.0. The summed E-state index contributed by atoms with van der Waals surface area (Å²) in [7, 11) is 0. The summed E-state index contributed by atoms with van der Waals surface area (Å²) in [5.41, 5.74) is 3.65. The number of amides is 2. The number of ether oxygens (including phenoxy) is 1. The molecule has 0 unspecified atom stereocenters. The van der Waals surface area contributed by atoms with Crippen molar-refractivity contribution in [1.82, 2.24) is 10.6 Å². The predicted molar refractivity (Wildman–Crippen MR) is 116 cm³/mol. The molecule has 2 N–H and O–H groups in total. The maximum Gasteiger partial charge on any atom is 0.325 e. The van der Waals surface area contributed by atoms with Crippen molar-refractivity contribution < 1.29 is 19.1 Å². The number of carbonyl (C=O) groups excluding carboxylic acids is 3. The van der Waals surface area contributed by atoms with Crippen LogP contribution >= 0.6 is 0 Å². The van der Waals surface area contributed by atoms with Crippen LogP contribution < -0.4 is 10.6 Å². The first-order chi connectivity index (χ1) is 14.2. The van der Waals surface area contributed by atoms with Crippen LogP contribution in [-0.2, 0) is 20.7 Å². The predicted octanol–water partition coefficient (Wildman–Crippen LogP) is 3.34. The van der Waals surface area contributed by atoms with Gasteiger partial charge in [0.2, 0.25) is 0 Å². The Morgan fingerprint density at radius 3 is 2.33 bits per heavy atom. The van der Waals surface area contributed by atoms with E-state index in [1.54, 1.807) is 18.2 Å². The molecule has 0 radical (unpaired) electrons. The van der Waals surface area contributed by atoms with Gasteiger partial charge in [-0.2, -0.15) is 0 Å². The quantitative estimate of drug-likeness (QED) is 0.621. The van der Waals surface area contributed by atoms with E-state index in [4.69, 9.17) is 4.74 Å². The van der Waals surface area contributed by atoms with E-state index in [1.807, 2.05) is 32.0 Å². The molecule has 0 heterocycles. The average Bonchev–Trinajstić information content (AvgIpc) is 2.70. The molecular formula is C24H30N2O4. The number of benzene rings is 2. The van der Waals surface area contributed by atoms with Crippen LogP contribution in [-0.4, -0.2) is 30.9 Å². The number of hydrogen-bond acceptors (Lipinski definition) is 4. The van der Waals surface area contributed by atoms with Crippen LogP contribution in [0.25, 0.3) is 0 Å². The van der Waals surface area contributed by atoms with Crippen molar-refractivity contribution in [3.63, 3.8) is 0 Å². The lowest BCUT2D eigenvalue weighted by Crippen LogP contribution is -2.34. The van der Waals surface area contributed by atoms with E-state index in [2.05, 4.69) is 36.6 Å². The van der Waals surface area contributed by atoms with Crippen molar-refractivity contribution in [3.8, 4) is 0 Å². The molecule has 0 saturated carbocycles. The highest BCUT2D eigenvalue weighted by molar-refractivity contribution is 5.96. The van der Waals surface area contributed by atoms with Crippen molar-refractivity contribution in [2.75, 3.05) is 13.2 Å². The molecular weight excluding hydrogens is 380 g/mol. The third-order valence-electron chi connectivity index (χ3n) is 4.54. The SMILES string of the molecule is Cc1cccc(C(=O)NCC(=O)OCC(=O)N[C@@H](C)c2ccc(CC(C)C)cc2)c1. The molecule has 6 nitrogen and oxygen atoms in total. The van der Waals surface area contributed by atoms with E-state index in [1.165, 1.54) is 5.56 Å². The van der Waals surface area contributed by atoms with E-state index in [9.17, 15) is 14.4 Å². The second kappa shape index (κ2) is 11.1. The third-order valence-corrected chi connectivity index (χ3v) is 4.54. The molecule has 0 bridgehead atoms. The van der Waals surface area contributed by atoms with Crippen LogP contribution in [0, 0.1) is 12.8 Å². The zero-order chi connectivity index (χ0) is 22.1. The minimum absolute atomic E-state index is 0.203. The third kappa shape index (κ3) is 7.70. The van der Waals surface area contributed by atoms with Gasteiger partial charge in [0.1, 0.15) is 6.54 Å². The summed E-state index contributed by atoms with van der Waals surface area (Å²) in [4.78, 5) is 35.9. The van der Waals surface area contributed by atoms with Crippen molar-refractivity contribution in [3.05, 3.63) is 70.8 Å². The monoisotopic (exact) mass is 410 g/mol. The molecule has 0 spiro atoms. The number of aryl methyl sites for hydroxylation is 1. The summed E-state index contributed by atoms with van der Waals surface area (Å²) in [5.74, 6) is -0.845. The first-order valence-corrected chi connectivity index (χ1v) is 10.1. The molecule has 2 rings (SSSR count). The smallest absolute Gasteiger partial charge is 0.325 e. The largest absolute Gasteiger partial charge is 0.454 e. The van der Waals surface area contributed by atoms with Crippen LogP contribution in [0.4, 0.5) is 0 Å². The fourth-order valence-electron chi connectivity index (χ4n) is 3.02. The summed E-state index contributed by atoms with van der Waals surface area (Å²) in [5, 5.41) is 5.29. The summed E-state index contributed by atoms with van der Waals surface area (Å²) in [6.07, 6.45) is 1.01. The van der Waals surface area contributed by atoms with Gasteiger partial charge in [-0.15, -0.1) is 0 Å². The lowest BCUT2D eigenvalue weighted by molar-refractivity contribution is -0.147. The van der Waals surface area contributed by atoms with E-state index >= 15 is 0 Å². The van der Waals surface area contributed by atoms with E-state index in [0.29, 0.717) is 11.5 Å². The second-order valence-electron chi connectivity index (χ2n) is 7.84. The number of rotatable bonds is 9. The van der Waals surface area contributed by atoms with Gasteiger partial charge in [-0.1, -0.05) is 55.8 Å². The second-order valence-corrected chi connectivity index (χ2v) is 7.84. The zero-order valence-corrected chi connectivity index (χ0v) is 18.0. The maximum absolute atomic E-state index is 12.1. The van der Waals surface area contributed by atoms with Crippen LogP contribution in [0.3, 0.4) is 0 Å². The topological polar surface area (TPSA) is 84.5 Å². The molecule has 0 aromatic heterocycles. The molecule has 0 aliphatic rings. The molecule has 0 saturated heterocycles. The summed E-state index contributed by atoms with van der Waals surface area (Å²) < 4.78 is 4.95. The highest BCUT2D eigenvalue weighted by Gasteiger charge is 2.13. The van der Waals surface area contributed by atoms with Gasteiger partial charge in [0.05, 0.1) is 6.04 Å². The van der Waals surface area contributed by atoms with Crippen molar-refractivity contribution in [2.24, 2.45) is 5.92 Å². The first-order valence-electron chi connectivity index (χ1n) is 10.1. The molecule has 30 heavy (non-hydrogen) atoms. The molecule has 0 fully saturated rings. The molecule has 2 aromatic rings. The lowest BCUT2D eigenvalue weighted by atomic mass is 10.00. The Hall–Kier alpha value is -3.15. The van der Waals surface area contributed by atoms with E-state index in [-0.39, 0.29) is 18.5 Å². The molecule has 0 aliphatic heterocycles. The Balaban J connectivity index is 1.73. The molecule has 0 aliphatic carbocycles. The maximum atomic E-state index is 12.1. The van der Waals surface area contributed by atoms with Crippen molar-refractivity contribution in [1.29, 1.82) is 0 Å². The minimum Gasteiger partial charge on any atom is -0.454 e. The van der Waals surface area contributed by atoms with Gasteiger partial charge < -0.3 is 15.4 Å². The normalized spacial score (nSPS) is 11.6. The highest BCUT2D eigenvalue weighted by Crippen LogP contribution is 2.15. The zero-order valence-electron chi connectivity index (χ0n) is 18.0. The van der Waals surface area contributed by atoms with Crippen LogP contribution in [0.5, 0.6) is 0 Å². The van der Waals surface area contributed by atoms with Gasteiger partial charge in [-0.05, 0) is 49.4 Å². The van der Waals surface area contributed by atoms with Gasteiger partial charge in [0.25, 0.3) is 11.8 Å². The Kier molecular flexibility index (Phi) is 8.59. The van der Waals surface area contributed by atoms with Crippen LogP contribution in [0.1, 0.15) is 53.9 Å². The van der Waals surface area contributed by atoms with Gasteiger partial charge in [0, 0.05) is 5.56 Å². The standard InChI is InChI=1S/C24H30N2O4/c1-16(2)12-19-8-10-20(11-9-19)18(4)26-22(27)15-30-23(28)14-25-24(29)21-7-5-6-17(3)13-21/h5-11,13,16,18H,12,14-15H2,1-4H3,(H,25,29)(H,26,27)/t18-/m0/s1. The average molecular weight is 411 g/mol. The summed E-state index contributed by atoms with van der Waals surface area (Å²) in [6.45, 7) is 7.41. The van der Waals surface area contributed by atoms with Gasteiger partial charge in [0.15, 0.2) is 6.61 Å². The molecule has 6 heteroatoms. The number of carbonyl (C=O) groups is 3. The van der Waals surface area contributed by atoms with Crippen molar-refractivity contribution >= 4 is 17.8 Å². The summed E-state index contributed by atoms with van der Waals surface area (Å²) >= 11 is 0. The van der Waals surface area contributed by atoms with Gasteiger partial charge >= 0.3 is 5.97 Å². The van der Waals surface area contributed by atoms with Gasteiger partial charge in [-0.3, -0.25) is 14.4 Å². The Morgan fingerprint density at radius 2 is 1.70 bits per heavy atom. The Bertz CT molecular complexity index is 875. The fraction of sp³-hybridized carbons (Fsp3) is 0.375. The Morgan fingerprint density at radius 1 is 1.00 bits per heavy atom. The van der Waals surface area contributed by atoms with E-state index < -0.39 is 18.5 Å². The molecule has 160 valence electrons. The number of esters is 1. The Labute approximate surface area is 178 Å². The highest BCUT2D eigenvalue weighted by atomic mass is 16.5. The van der Waals surface area contributed by atoms with Gasteiger partial charge in [-0.25, -0.2) is 0 Å². The number of nitrogens with one attached hydrogen (secondary N) is 2. The minimum atomic E-state index is -0.670. The lowest BCUT2D eigenvalue weighted by Gasteiger charge is -2.15.